The lowest BCUT2D eigenvalue weighted by Crippen LogP contribution is -2.29. The third-order valence-electron chi connectivity index (χ3n) is 3.17. The summed E-state index contributed by atoms with van der Waals surface area (Å²) in [5.41, 5.74) is 0.218. The van der Waals surface area contributed by atoms with Gasteiger partial charge in [-0.25, -0.2) is 0 Å². The number of hydrogen-bond donors (Lipinski definition) is 1. The molecule has 0 saturated heterocycles. The van der Waals surface area contributed by atoms with Gasteiger partial charge in [-0.3, -0.25) is 0 Å². The molecule has 0 radical (unpaired) electrons. The maximum Gasteiger partial charge on any atom is 0.119 e. The highest BCUT2D eigenvalue weighted by Crippen LogP contribution is 2.36. The molecule has 0 saturated carbocycles. The Morgan fingerprint density at radius 2 is 1.68 bits per heavy atom. The van der Waals surface area contributed by atoms with Gasteiger partial charge in [0.15, 0.2) is 0 Å². The Morgan fingerprint density at radius 1 is 1.11 bits per heavy atom. The van der Waals surface area contributed by atoms with E-state index in [9.17, 15) is 5.11 Å². The van der Waals surface area contributed by atoms with Crippen molar-refractivity contribution < 1.29 is 9.84 Å². The van der Waals surface area contributed by atoms with Gasteiger partial charge in [-0.1, -0.05) is 39.8 Å². The second-order valence-electron chi connectivity index (χ2n) is 6.19. The van der Waals surface area contributed by atoms with Crippen LogP contribution in [0.25, 0.3) is 0 Å². The highest BCUT2D eigenvalue weighted by atomic mass is 16.5. The Labute approximate surface area is 117 Å². The molecule has 1 aromatic rings. The maximum absolute atomic E-state index is 11.1. The molecule has 0 spiro atoms. The fourth-order valence-corrected chi connectivity index (χ4v) is 2.71. The smallest absolute Gasteiger partial charge is 0.119 e. The highest BCUT2D eigenvalue weighted by molar-refractivity contribution is 5.32. The molecule has 0 bridgehead atoms. The summed E-state index contributed by atoms with van der Waals surface area (Å²) in [5, 5.41) is 11.1. The van der Waals surface area contributed by atoms with E-state index in [1.54, 1.807) is 0 Å². The molecule has 0 fully saturated rings. The van der Waals surface area contributed by atoms with Gasteiger partial charge in [0.1, 0.15) is 5.75 Å². The number of hydrogen-bond acceptors (Lipinski definition) is 2. The molecule has 0 aliphatic rings. The molecule has 2 nitrogen and oxygen atoms in total. The molecule has 19 heavy (non-hydrogen) atoms. The largest absolute Gasteiger partial charge is 0.494 e. The molecule has 0 heterocycles. The summed E-state index contributed by atoms with van der Waals surface area (Å²) in [6.07, 6.45) is 1.56. The van der Waals surface area contributed by atoms with Crippen molar-refractivity contribution >= 4 is 0 Å². The summed E-state index contributed by atoms with van der Waals surface area (Å²) in [6.45, 7) is 11.2. The summed E-state index contributed by atoms with van der Waals surface area (Å²) in [4.78, 5) is 0. The zero-order valence-electron chi connectivity index (χ0n) is 12.9. The van der Waals surface area contributed by atoms with Crippen LogP contribution in [0.1, 0.15) is 53.0 Å². The Kier molecular flexibility index (Phi) is 5.86. The van der Waals surface area contributed by atoms with E-state index >= 15 is 0 Å². The third-order valence-corrected chi connectivity index (χ3v) is 3.17. The van der Waals surface area contributed by atoms with E-state index in [0.717, 1.165) is 24.2 Å². The number of rotatable bonds is 7. The molecule has 0 unspecified atom stereocenters. The first-order chi connectivity index (χ1) is 8.87. The quantitative estimate of drug-likeness (QED) is 0.792. The van der Waals surface area contributed by atoms with Crippen LogP contribution >= 0.6 is 0 Å². The highest BCUT2D eigenvalue weighted by Gasteiger charge is 2.31. The molecule has 0 atom stereocenters. The lowest BCUT2D eigenvalue weighted by molar-refractivity contribution is -0.00469. The van der Waals surface area contributed by atoms with Crippen LogP contribution in [0.3, 0.4) is 0 Å². The van der Waals surface area contributed by atoms with Gasteiger partial charge in [0, 0.05) is 0 Å². The molecule has 0 aromatic heterocycles. The monoisotopic (exact) mass is 264 g/mol. The van der Waals surface area contributed by atoms with Crippen molar-refractivity contribution in [1.29, 1.82) is 0 Å². The molecule has 1 N–H and O–H groups in total. The summed E-state index contributed by atoms with van der Waals surface area (Å²) in [5.74, 6) is 1.75. The normalized spacial score (nSPS) is 12.2. The van der Waals surface area contributed by atoms with Gasteiger partial charge in [0.2, 0.25) is 0 Å². The van der Waals surface area contributed by atoms with Crippen molar-refractivity contribution in [3.8, 4) is 5.75 Å². The summed E-state index contributed by atoms with van der Waals surface area (Å²) in [7, 11) is 0. The van der Waals surface area contributed by atoms with Gasteiger partial charge in [-0.15, -0.1) is 0 Å². The summed E-state index contributed by atoms with van der Waals surface area (Å²) in [6, 6.07) is 7.89. The summed E-state index contributed by atoms with van der Waals surface area (Å²) >= 11 is 0. The van der Waals surface area contributed by atoms with Crippen LogP contribution in [0.15, 0.2) is 24.3 Å². The molecule has 0 aliphatic carbocycles. The predicted molar refractivity (Wildman–Crippen MR) is 80.4 cm³/mol. The van der Waals surface area contributed by atoms with Crippen molar-refractivity contribution in [3.63, 3.8) is 0 Å². The average molecular weight is 264 g/mol. The van der Waals surface area contributed by atoms with Gasteiger partial charge in [0.05, 0.1) is 12.2 Å². The minimum absolute atomic E-state index is 0.458. The molecule has 2 heteroatoms. The first-order valence-electron chi connectivity index (χ1n) is 7.33. The fourth-order valence-electron chi connectivity index (χ4n) is 2.71. The van der Waals surface area contributed by atoms with E-state index in [-0.39, 0.29) is 0 Å². The molecular formula is C17H28O2. The van der Waals surface area contributed by atoms with E-state index in [0.29, 0.717) is 18.4 Å². The molecule has 0 aliphatic heterocycles. The molecule has 1 rings (SSSR count). The maximum atomic E-state index is 11.1. The van der Waals surface area contributed by atoms with Crippen LogP contribution in [-0.2, 0) is 5.60 Å². The Morgan fingerprint density at radius 3 is 2.16 bits per heavy atom. The van der Waals surface area contributed by atoms with Gasteiger partial charge < -0.3 is 9.84 Å². The zero-order chi connectivity index (χ0) is 14.5. The Bertz CT molecular complexity index is 373. The first-order valence-corrected chi connectivity index (χ1v) is 7.33. The SMILES string of the molecule is CCOc1cccc(C(O)(CC(C)C)CC(C)C)c1. The topological polar surface area (TPSA) is 29.5 Å². The van der Waals surface area contributed by atoms with E-state index in [4.69, 9.17) is 4.74 Å². The van der Waals surface area contributed by atoms with Gasteiger partial charge >= 0.3 is 0 Å². The van der Waals surface area contributed by atoms with E-state index in [1.807, 2.05) is 31.2 Å². The van der Waals surface area contributed by atoms with Crippen LogP contribution < -0.4 is 4.74 Å². The van der Waals surface area contributed by atoms with Crippen LogP contribution in [0.4, 0.5) is 0 Å². The molecule has 0 amide bonds. The van der Waals surface area contributed by atoms with Gasteiger partial charge in [-0.2, -0.15) is 0 Å². The van der Waals surface area contributed by atoms with Crippen molar-refractivity contribution in [2.24, 2.45) is 11.8 Å². The van der Waals surface area contributed by atoms with Gasteiger partial charge in [0.25, 0.3) is 0 Å². The van der Waals surface area contributed by atoms with Crippen molar-refractivity contribution in [1.82, 2.24) is 0 Å². The zero-order valence-corrected chi connectivity index (χ0v) is 12.9. The van der Waals surface area contributed by atoms with Crippen LogP contribution in [0.2, 0.25) is 0 Å². The van der Waals surface area contributed by atoms with Crippen LogP contribution in [0, 0.1) is 11.8 Å². The van der Waals surface area contributed by atoms with E-state index in [2.05, 4.69) is 27.7 Å². The standard InChI is InChI=1S/C17H28O2/c1-6-19-16-9-7-8-15(10-16)17(18,11-13(2)3)12-14(4)5/h7-10,13-14,18H,6,11-12H2,1-5H3. The van der Waals surface area contributed by atoms with E-state index < -0.39 is 5.60 Å². The minimum Gasteiger partial charge on any atom is -0.494 e. The number of benzene rings is 1. The van der Waals surface area contributed by atoms with Crippen LogP contribution in [-0.4, -0.2) is 11.7 Å². The first kappa shape index (κ1) is 16.0. The fraction of sp³-hybridized carbons (Fsp3) is 0.647. The summed E-state index contributed by atoms with van der Waals surface area (Å²) < 4.78 is 5.54. The predicted octanol–water partition coefficient (Wildman–Crippen LogP) is 4.37. The molecule has 108 valence electrons. The Balaban J connectivity index is 3.05. The molecule has 1 aromatic carbocycles. The van der Waals surface area contributed by atoms with Crippen molar-refractivity contribution in [3.05, 3.63) is 29.8 Å². The number of ether oxygens (including phenoxy) is 1. The third kappa shape index (κ3) is 4.87. The average Bonchev–Trinajstić information content (AvgIpc) is 2.27. The Hall–Kier alpha value is -1.02. The lowest BCUT2D eigenvalue weighted by Gasteiger charge is -2.32. The second-order valence-corrected chi connectivity index (χ2v) is 6.19. The molecular weight excluding hydrogens is 236 g/mol. The van der Waals surface area contributed by atoms with Gasteiger partial charge in [-0.05, 0) is 49.3 Å². The van der Waals surface area contributed by atoms with Crippen molar-refractivity contribution in [2.75, 3.05) is 6.61 Å². The van der Waals surface area contributed by atoms with E-state index in [1.165, 1.54) is 0 Å². The minimum atomic E-state index is -0.755. The van der Waals surface area contributed by atoms with Crippen LogP contribution in [0.5, 0.6) is 5.75 Å². The second kappa shape index (κ2) is 6.95. The van der Waals surface area contributed by atoms with Crippen molar-refractivity contribution in [2.45, 2.75) is 53.1 Å². The lowest BCUT2D eigenvalue weighted by atomic mass is 9.80. The number of aliphatic hydroxyl groups is 1.